The molecule has 0 N–H and O–H groups in total. The Morgan fingerprint density at radius 1 is 1.20 bits per heavy atom. The van der Waals surface area contributed by atoms with Crippen molar-refractivity contribution in [2.75, 3.05) is 33.4 Å². The van der Waals surface area contributed by atoms with E-state index in [-0.39, 0.29) is 5.97 Å². The van der Waals surface area contributed by atoms with Crippen LogP contribution in [0.25, 0.3) is 0 Å². The van der Waals surface area contributed by atoms with E-state index < -0.39 is 0 Å². The van der Waals surface area contributed by atoms with Gasteiger partial charge in [0.1, 0.15) is 5.75 Å². The van der Waals surface area contributed by atoms with Crippen LogP contribution >= 0.6 is 0 Å². The number of hydrogen-bond donors (Lipinski definition) is 0. The number of nitrogens with zero attached hydrogens (tertiary/aromatic N) is 1. The SMILES string of the molecule is CCOC(=O)CN(C)CCCOc1cc(C)cc(C)c1. The third kappa shape index (κ3) is 6.57. The summed E-state index contributed by atoms with van der Waals surface area (Å²) in [6, 6.07) is 6.20. The van der Waals surface area contributed by atoms with E-state index in [2.05, 4.69) is 19.9 Å². The van der Waals surface area contributed by atoms with Gasteiger partial charge in [0.2, 0.25) is 0 Å². The molecule has 4 nitrogen and oxygen atoms in total. The molecule has 0 spiro atoms. The van der Waals surface area contributed by atoms with E-state index in [4.69, 9.17) is 9.47 Å². The number of rotatable bonds is 8. The number of carbonyl (C=O) groups is 1. The Morgan fingerprint density at radius 2 is 1.85 bits per heavy atom. The molecule has 0 aliphatic heterocycles. The van der Waals surface area contributed by atoms with Crippen molar-refractivity contribution < 1.29 is 14.3 Å². The lowest BCUT2D eigenvalue weighted by atomic mass is 10.1. The average Bonchev–Trinajstić information content (AvgIpc) is 2.33. The van der Waals surface area contributed by atoms with Crippen LogP contribution in [0.3, 0.4) is 0 Å². The first-order valence-corrected chi connectivity index (χ1v) is 7.06. The van der Waals surface area contributed by atoms with E-state index in [0.29, 0.717) is 19.8 Å². The topological polar surface area (TPSA) is 38.8 Å². The Balaban J connectivity index is 2.22. The summed E-state index contributed by atoms with van der Waals surface area (Å²) in [6.07, 6.45) is 0.878. The Labute approximate surface area is 121 Å². The van der Waals surface area contributed by atoms with Gasteiger partial charge < -0.3 is 9.47 Å². The van der Waals surface area contributed by atoms with Gasteiger partial charge in [-0.15, -0.1) is 0 Å². The molecule has 20 heavy (non-hydrogen) atoms. The minimum atomic E-state index is -0.176. The molecule has 4 heteroatoms. The van der Waals surface area contributed by atoms with Gasteiger partial charge in [-0.1, -0.05) is 6.07 Å². The smallest absolute Gasteiger partial charge is 0.320 e. The van der Waals surface area contributed by atoms with Crippen LogP contribution in [0.4, 0.5) is 0 Å². The summed E-state index contributed by atoms with van der Waals surface area (Å²) in [5, 5.41) is 0. The summed E-state index contributed by atoms with van der Waals surface area (Å²) >= 11 is 0. The highest BCUT2D eigenvalue weighted by molar-refractivity contribution is 5.71. The molecule has 0 fully saturated rings. The Kier molecular flexibility index (Phi) is 7.09. The zero-order chi connectivity index (χ0) is 15.0. The van der Waals surface area contributed by atoms with Gasteiger partial charge in [0.05, 0.1) is 19.8 Å². The molecule has 112 valence electrons. The summed E-state index contributed by atoms with van der Waals surface area (Å²) in [7, 11) is 1.91. The summed E-state index contributed by atoms with van der Waals surface area (Å²) < 4.78 is 10.6. The maximum Gasteiger partial charge on any atom is 0.320 e. The highest BCUT2D eigenvalue weighted by Crippen LogP contribution is 2.16. The van der Waals surface area contributed by atoms with E-state index in [1.165, 1.54) is 11.1 Å². The van der Waals surface area contributed by atoms with Gasteiger partial charge in [-0.05, 0) is 57.5 Å². The van der Waals surface area contributed by atoms with Crippen LogP contribution in [-0.2, 0) is 9.53 Å². The Morgan fingerprint density at radius 3 is 2.45 bits per heavy atom. The molecule has 0 amide bonds. The van der Waals surface area contributed by atoms with Crippen molar-refractivity contribution in [2.45, 2.75) is 27.2 Å². The Hall–Kier alpha value is -1.55. The fourth-order valence-corrected chi connectivity index (χ4v) is 2.05. The number of aryl methyl sites for hydroxylation is 2. The predicted molar refractivity (Wildman–Crippen MR) is 80.2 cm³/mol. The zero-order valence-corrected chi connectivity index (χ0v) is 12.9. The molecule has 0 atom stereocenters. The molecule has 1 aromatic carbocycles. The second-order valence-corrected chi connectivity index (χ2v) is 5.07. The van der Waals surface area contributed by atoms with Crippen molar-refractivity contribution in [1.29, 1.82) is 0 Å². The third-order valence-electron chi connectivity index (χ3n) is 2.85. The summed E-state index contributed by atoms with van der Waals surface area (Å²) in [4.78, 5) is 13.2. The van der Waals surface area contributed by atoms with Crippen LogP contribution in [0.5, 0.6) is 5.75 Å². The lowest BCUT2D eigenvalue weighted by Crippen LogP contribution is -2.29. The number of esters is 1. The van der Waals surface area contributed by atoms with Crippen molar-refractivity contribution in [3.8, 4) is 5.75 Å². The first-order valence-electron chi connectivity index (χ1n) is 7.06. The highest BCUT2D eigenvalue weighted by atomic mass is 16.5. The molecule has 0 aliphatic rings. The van der Waals surface area contributed by atoms with Crippen molar-refractivity contribution in [2.24, 2.45) is 0 Å². The summed E-state index contributed by atoms with van der Waals surface area (Å²) in [5.74, 6) is 0.737. The van der Waals surface area contributed by atoms with E-state index in [1.807, 2.05) is 31.0 Å². The lowest BCUT2D eigenvalue weighted by molar-refractivity contribution is -0.144. The average molecular weight is 279 g/mol. The van der Waals surface area contributed by atoms with Crippen molar-refractivity contribution in [1.82, 2.24) is 4.90 Å². The standard InChI is InChI=1S/C16H25NO3/c1-5-19-16(18)12-17(4)7-6-8-20-15-10-13(2)9-14(3)11-15/h9-11H,5-8,12H2,1-4H3. The van der Waals surface area contributed by atoms with Crippen molar-refractivity contribution in [3.63, 3.8) is 0 Å². The minimum Gasteiger partial charge on any atom is -0.494 e. The van der Waals surface area contributed by atoms with Crippen LogP contribution < -0.4 is 4.74 Å². The monoisotopic (exact) mass is 279 g/mol. The van der Waals surface area contributed by atoms with Gasteiger partial charge >= 0.3 is 5.97 Å². The molecule has 1 aromatic rings. The van der Waals surface area contributed by atoms with Crippen LogP contribution in [0.2, 0.25) is 0 Å². The number of ether oxygens (including phenoxy) is 2. The number of carbonyl (C=O) groups excluding carboxylic acids is 1. The third-order valence-corrected chi connectivity index (χ3v) is 2.85. The second kappa shape index (κ2) is 8.59. The van der Waals surface area contributed by atoms with E-state index >= 15 is 0 Å². The van der Waals surface area contributed by atoms with E-state index in [0.717, 1.165) is 18.7 Å². The van der Waals surface area contributed by atoms with Gasteiger partial charge in [-0.2, -0.15) is 0 Å². The molecule has 0 heterocycles. The molecule has 0 unspecified atom stereocenters. The maximum absolute atomic E-state index is 11.3. The molecule has 0 saturated heterocycles. The van der Waals surface area contributed by atoms with E-state index in [9.17, 15) is 4.79 Å². The van der Waals surface area contributed by atoms with Gasteiger partial charge in [0, 0.05) is 6.54 Å². The largest absolute Gasteiger partial charge is 0.494 e. The fourth-order valence-electron chi connectivity index (χ4n) is 2.05. The molecule has 0 bridgehead atoms. The first-order chi connectivity index (χ1) is 9.51. The first kappa shape index (κ1) is 16.5. The summed E-state index contributed by atoms with van der Waals surface area (Å²) in [6.45, 7) is 8.16. The quantitative estimate of drug-likeness (QED) is 0.541. The summed E-state index contributed by atoms with van der Waals surface area (Å²) in [5.41, 5.74) is 2.42. The van der Waals surface area contributed by atoms with Crippen molar-refractivity contribution >= 4 is 5.97 Å². The van der Waals surface area contributed by atoms with Gasteiger partial charge in [-0.3, -0.25) is 9.69 Å². The second-order valence-electron chi connectivity index (χ2n) is 5.07. The lowest BCUT2D eigenvalue weighted by Gasteiger charge is -2.15. The van der Waals surface area contributed by atoms with Gasteiger partial charge in [0.25, 0.3) is 0 Å². The molecule has 0 aromatic heterocycles. The van der Waals surface area contributed by atoms with E-state index in [1.54, 1.807) is 0 Å². The van der Waals surface area contributed by atoms with Crippen LogP contribution in [0, 0.1) is 13.8 Å². The number of likely N-dealkylation sites (N-methyl/N-ethyl adjacent to an activating group) is 1. The van der Waals surface area contributed by atoms with Crippen LogP contribution in [0.15, 0.2) is 18.2 Å². The highest BCUT2D eigenvalue weighted by Gasteiger charge is 2.06. The molecule has 0 saturated carbocycles. The fraction of sp³-hybridized carbons (Fsp3) is 0.562. The van der Waals surface area contributed by atoms with Crippen molar-refractivity contribution in [3.05, 3.63) is 29.3 Å². The predicted octanol–water partition coefficient (Wildman–Crippen LogP) is 2.57. The molecule has 1 rings (SSSR count). The molecular formula is C16H25NO3. The number of hydrogen-bond acceptors (Lipinski definition) is 4. The van der Waals surface area contributed by atoms with Gasteiger partial charge in [0.15, 0.2) is 0 Å². The molecule has 0 aliphatic carbocycles. The normalized spacial score (nSPS) is 10.7. The zero-order valence-electron chi connectivity index (χ0n) is 12.9. The maximum atomic E-state index is 11.3. The molecular weight excluding hydrogens is 254 g/mol. The Bertz CT molecular complexity index is 411. The molecule has 0 radical (unpaired) electrons. The minimum absolute atomic E-state index is 0.176. The van der Waals surface area contributed by atoms with Gasteiger partial charge in [-0.25, -0.2) is 0 Å². The number of benzene rings is 1. The van der Waals surface area contributed by atoms with Crippen LogP contribution in [0.1, 0.15) is 24.5 Å². The van der Waals surface area contributed by atoms with Crippen LogP contribution in [-0.4, -0.2) is 44.2 Å².